The molecule has 0 bridgehead atoms. The molecule has 0 saturated heterocycles. The van der Waals surface area contributed by atoms with Gasteiger partial charge in [0, 0.05) is 28.2 Å². The third-order valence-corrected chi connectivity index (χ3v) is 5.23. The first kappa shape index (κ1) is 18.9. The molecule has 1 amide bonds. The van der Waals surface area contributed by atoms with Gasteiger partial charge in [0.1, 0.15) is 18.1 Å². The van der Waals surface area contributed by atoms with Crippen molar-refractivity contribution < 1.29 is 9.18 Å². The highest BCUT2D eigenvalue weighted by Crippen LogP contribution is 2.32. The van der Waals surface area contributed by atoms with Gasteiger partial charge in [-0.1, -0.05) is 35.9 Å². The monoisotopic (exact) mass is 410 g/mol. The summed E-state index contributed by atoms with van der Waals surface area (Å²) in [5.41, 5.74) is 4.93. The minimum Gasteiger partial charge on any atom is -0.324 e. The zero-order valence-corrected chi connectivity index (χ0v) is 16.8. The van der Waals surface area contributed by atoms with Crippen molar-refractivity contribution in [2.75, 3.05) is 5.32 Å². The molecular formula is C25H19FN4O. The molecule has 3 aromatic carbocycles. The number of nitrogens with zero attached hydrogens (tertiary/aromatic N) is 3. The van der Waals surface area contributed by atoms with Crippen molar-refractivity contribution in [1.29, 1.82) is 0 Å². The van der Waals surface area contributed by atoms with Gasteiger partial charge in [-0.15, -0.1) is 0 Å². The van der Waals surface area contributed by atoms with Gasteiger partial charge in [0.25, 0.3) is 0 Å². The maximum atomic E-state index is 13.4. The number of hydrogen-bond donors (Lipinski definition) is 1. The van der Waals surface area contributed by atoms with Crippen molar-refractivity contribution >= 4 is 33.4 Å². The van der Waals surface area contributed by atoms with E-state index in [0.29, 0.717) is 5.69 Å². The minimum absolute atomic E-state index is 0.0412. The van der Waals surface area contributed by atoms with Gasteiger partial charge in [-0.2, -0.15) is 5.10 Å². The van der Waals surface area contributed by atoms with Gasteiger partial charge >= 0.3 is 0 Å². The number of benzene rings is 3. The highest BCUT2D eigenvalue weighted by atomic mass is 19.1. The van der Waals surface area contributed by atoms with Gasteiger partial charge in [0.15, 0.2) is 0 Å². The zero-order chi connectivity index (χ0) is 21.4. The van der Waals surface area contributed by atoms with Gasteiger partial charge < -0.3 is 5.32 Å². The smallest absolute Gasteiger partial charge is 0.246 e. The number of anilines is 1. The SMILES string of the molecule is Cc1ccc(NC(=O)Cn2nc(-c3ccc(F)cc3)c3cnc4ccccc4c32)cc1. The van der Waals surface area contributed by atoms with Crippen LogP contribution in [-0.2, 0) is 11.3 Å². The fraction of sp³-hybridized carbons (Fsp3) is 0.0800. The number of nitrogens with one attached hydrogen (secondary N) is 1. The average molecular weight is 410 g/mol. The molecule has 0 unspecified atom stereocenters. The van der Waals surface area contributed by atoms with Gasteiger partial charge in [0.05, 0.1) is 11.0 Å². The maximum Gasteiger partial charge on any atom is 0.246 e. The quantitative estimate of drug-likeness (QED) is 0.435. The number of hydrogen-bond acceptors (Lipinski definition) is 3. The van der Waals surface area contributed by atoms with Crippen LogP contribution in [0, 0.1) is 12.7 Å². The van der Waals surface area contributed by atoms with E-state index in [2.05, 4.69) is 10.3 Å². The highest BCUT2D eigenvalue weighted by molar-refractivity contribution is 6.08. The van der Waals surface area contributed by atoms with E-state index in [1.165, 1.54) is 12.1 Å². The first-order valence-electron chi connectivity index (χ1n) is 9.95. The molecule has 0 spiro atoms. The number of para-hydroxylation sites is 1. The van der Waals surface area contributed by atoms with E-state index < -0.39 is 0 Å². The number of carbonyl (C=O) groups excluding carboxylic acids is 1. The molecule has 5 rings (SSSR count). The predicted molar refractivity (Wildman–Crippen MR) is 120 cm³/mol. The van der Waals surface area contributed by atoms with Gasteiger partial charge in [-0.05, 0) is 49.4 Å². The molecule has 152 valence electrons. The summed E-state index contributed by atoms with van der Waals surface area (Å²) in [4.78, 5) is 17.4. The van der Waals surface area contributed by atoms with Crippen LogP contribution in [-0.4, -0.2) is 20.7 Å². The summed E-state index contributed by atoms with van der Waals surface area (Å²) in [6, 6.07) is 21.6. The third-order valence-electron chi connectivity index (χ3n) is 5.23. The second-order valence-electron chi connectivity index (χ2n) is 7.46. The Morgan fingerprint density at radius 3 is 2.48 bits per heavy atom. The van der Waals surface area contributed by atoms with E-state index in [1.807, 2.05) is 55.5 Å². The van der Waals surface area contributed by atoms with Crippen LogP contribution in [0.3, 0.4) is 0 Å². The van der Waals surface area contributed by atoms with E-state index in [1.54, 1.807) is 23.0 Å². The second-order valence-corrected chi connectivity index (χ2v) is 7.46. The molecular weight excluding hydrogens is 391 g/mol. The largest absolute Gasteiger partial charge is 0.324 e. The first-order chi connectivity index (χ1) is 15.1. The molecule has 2 aromatic heterocycles. The van der Waals surface area contributed by atoms with E-state index in [4.69, 9.17) is 5.10 Å². The van der Waals surface area contributed by atoms with Crippen molar-refractivity contribution in [2.24, 2.45) is 0 Å². The molecule has 0 radical (unpaired) electrons. The normalized spacial score (nSPS) is 11.2. The number of amides is 1. The minimum atomic E-state index is -0.312. The lowest BCUT2D eigenvalue weighted by molar-refractivity contribution is -0.116. The topological polar surface area (TPSA) is 59.8 Å². The molecule has 0 aliphatic carbocycles. The number of fused-ring (bicyclic) bond motifs is 3. The summed E-state index contributed by atoms with van der Waals surface area (Å²) in [6.45, 7) is 2.04. The van der Waals surface area contributed by atoms with E-state index >= 15 is 0 Å². The van der Waals surface area contributed by atoms with Crippen LogP contribution in [0.4, 0.5) is 10.1 Å². The molecule has 0 aliphatic heterocycles. The van der Waals surface area contributed by atoms with Crippen molar-refractivity contribution in [3.63, 3.8) is 0 Å². The average Bonchev–Trinajstić information content (AvgIpc) is 3.14. The lowest BCUT2D eigenvalue weighted by atomic mass is 10.1. The molecule has 2 heterocycles. The van der Waals surface area contributed by atoms with Crippen molar-refractivity contribution in [2.45, 2.75) is 13.5 Å². The maximum absolute atomic E-state index is 13.4. The molecule has 31 heavy (non-hydrogen) atoms. The molecule has 1 N–H and O–H groups in total. The highest BCUT2D eigenvalue weighted by Gasteiger charge is 2.17. The standard InChI is InChI=1S/C25H19FN4O/c1-16-6-12-19(13-7-16)28-23(31)15-30-25-20-4-2-3-5-22(20)27-14-21(25)24(29-30)17-8-10-18(26)11-9-17/h2-14H,15H2,1H3,(H,28,31). The summed E-state index contributed by atoms with van der Waals surface area (Å²) in [6.07, 6.45) is 1.76. The Bertz CT molecular complexity index is 1410. The van der Waals surface area contributed by atoms with Crippen molar-refractivity contribution in [3.05, 3.63) is 90.4 Å². The van der Waals surface area contributed by atoms with Crippen LogP contribution in [0.15, 0.2) is 79.0 Å². The van der Waals surface area contributed by atoms with Crippen LogP contribution < -0.4 is 5.32 Å². The van der Waals surface area contributed by atoms with Crippen LogP contribution in [0.5, 0.6) is 0 Å². The third kappa shape index (κ3) is 3.64. The van der Waals surface area contributed by atoms with Crippen molar-refractivity contribution in [1.82, 2.24) is 14.8 Å². The summed E-state index contributed by atoms with van der Waals surface area (Å²) in [5, 5.41) is 9.37. The zero-order valence-electron chi connectivity index (χ0n) is 16.8. The van der Waals surface area contributed by atoms with Crippen LogP contribution >= 0.6 is 0 Å². The van der Waals surface area contributed by atoms with Gasteiger partial charge in [-0.3, -0.25) is 14.5 Å². The van der Waals surface area contributed by atoms with E-state index in [9.17, 15) is 9.18 Å². The fourth-order valence-corrected chi connectivity index (χ4v) is 3.71. The molecule has 5 aromatic rings. The Kier molecular flexibility index (Phi) is 4.67. The Morgan fingerprint density at radius 2 is 1.71 bits per heavy atom. The number of rotatable bonds is 4. The van der Waals surface area contributed by atoms with Crippen molar-refractivity contribution in [3.8, 4) is 11.3 Å². The van der Waals surface area contributed by atoms with E-state index in [-0.39, 0.29) is 18.3 Å². The summed E-state index contributed by atoms with van der Waals surface area (Å²) >= 11 is 0. The lowest BCUT2D eigenvalue weighted by Gasteiger charge is -2.08. The molecule has 6 heteroatoms. The number of aromatic nitrogens is 3. The van der Waals surface area contributed by atoms with Crippen LogP contribution in [0.2, 0.25) is 0 Å². The predicted octanol–water partition coefficient (Wildman–Crippen LogP) is 5.34. The molecule has 0 saturated carbocycles. The second kappa shape index (κ2) is 7.65. The Labute approximate surface area is 178 Å². The Morgan fingerprint density at radius 1 is 0.968 bits per heavy atom. The molecule has 0 atom stereocenters. The van der Waals surface area contributed by atoms with Crippen LogP contribution in [0.25, 0.3) is 33.1 Å². The lowest BCUT2D eigenvalue weighted by Crippen LogP contribution is -2.19. The number of carbonyl (C=O) groups is 1. The fourth-order valence-electron chi connectivity index (χ4n) is 3.71. The summed E-state index contributed by atoms with van der Waals surface area (Å²) in [5.74, 6) is -0.492. The number of aryl methyl sites for hydroxylation is 1. The Hall–Kier alpha value is -4.06. The Balaban J connectivity index is 1.60. The van der Waals surface area contributed by atoms with Crippen LogP contribution in [0.1, 0.15) is 5.56 Å². The molecule has 0 fully saturated rings. The molecule has 0 aliphatic rings. The summed E-state index contributed by atoms with van der Waals surface area (Å²) in [7, 11) is 0. The van der Waals surface area contributed by atoms with Gasteiger partial charge in [-0.25, -0.2) is 4.39 Å². The number of halogens is 1. The first-order valence-corrected chi connectivity index (χ1v) is 9.95. The molecule has 5 nitrogen and oxygen atoms in total. The summed E-state index contributed by atoms with van der Waals surface area (Å²) < 4.78 is 15.1. The van der Waals surface area contributed by atoms with Gasteiger partial charge in [0.2, 0.25) is 5.91 Å². The number of pyridine rings is 1. The van der Waals surface area contributed by atoms with E-state index in [0.717, 1.165) is 38.6 Å².